The maximum atomic E-state index is 10.4. The summed E-state index contributed by atoms with van der Waals surface area (Å²) in [7, 11) is 2.03. The summed E-state index contributed by atoms with van der Waals surface area (Å²) in [6.45, 7) is 14.1. The summed E-state index contributed by atoms with van der Waals surface area (Å²) < 4.78 is 2.01. The second kappa shape index (κ2) is 9.26. The topological polar surface area (TPSA) is 70.3 Å². The van der Waals surface area contributed by atoms with Gasteiger partial charge in [0.15, 0.2) is 5.82 Å². The zero-order valence-corrected chi connectivity index (χ0v) is 21.9. The highest BCUT2D eigenvalue weighted by molar-refractivity contribution is 5.68. The highest BCUT2D eigenvalue weighted by Gasteiger charge is 2.31. The first kappa shape index (κ1) is 23.8. The van der Waals surface area contributed by atoms with Gasteiger partial charge >= 0.3 is 0 Å². The maximum absolute atomic E-state index is 10.4. The lowest BCUT2D eigenvalue weighted by Crippen LogP contribution is -2.44. The molecule has 0 spiro atoms. The second-order valence-electron chi connectivity index (χ2n) is 10.7. The Bertz CT molecular complexity index is 1210. The Kier molecular flexibility index (Phi) is 6.30. The molecule has 1 saturated heterocycles. The van der Waals surface area contributed by atoms with Gasteiger partial charge in [0.05, 0.1) is 17.5 Å². The Morgan fingerprint density at radius 3 is 2.46 bits per heavy atom. The predicted octanol–water partition coefficient (Wildman–Crippen LogP) is 4.39. The molecule has 1 fully saturated rings. The van der Waals surface area contributed by atoms with Crippen LogP contribution in [0.3, 0.4) is 0 Å². The molecule has 5 rings (SSSR count). The molecule has 0 saturated carbocycles. The number of aromatic nitrogens is 4. The van der Waals surface area contributed by atoms with Gasteiger partial charge in [-0.05, 0) is 43.2 Å². The van der Waals surface area contributed by atoms with Crippen LogP contribution >= 0.6 is 0 Å². The van der Waals surface area contributed by atoms with Gasteiger partial charge in [-0.15, -0.1) is 0 Å². The van der Waals surface area contributed by atoms with Crippen molar-refractivity contribution in [3.8, 4) is 11.4 Å². The van der Waals surface area contributed by atoms with Crippen molar-refractivity contribution >= 4 is 11.6 Å². The minimum absolute atomic E-state index is 0.211. The van der Waals surface area contributed by atoms with Crippen molar-refractivity contribution in [1.29, 1.82) is 0 Å². The molecule has 7 heteroatoms. The Morgan fingerprint density at radius 1 is 1.06 bits per heavy atom. The number of aliphatic hydroxyl groups is 1. The second-order valence-corrected chi connectivity index (χ2v) is 10.7. The first-order valence-corrected chi connectivity index (χ1v) is 12.9. The average Bonchev–Trinajstić information content (AvgIpc) is 3.22. The van der Waals surface area contributed by atoms with Crippen LogP contribution in [0.2, 0.25) is 0 Å². The molecule has 4 heterocycles. The van der Waals surface area contributed by atoms with E-state index in [4.69, 9.17) is 15.1 Å². The largest absolute Gasteiger partial charge is 0.393 e. The quantitative estimate of drug-likeness (QED) is 0.605. The summed E-state index contributed by atoms with van der Waals surface area (Å²) >= 11 is 0. The summed E-state index contributed by atoms with van der Waals surface area (Å²) in [4.78, 5) is 15.2. The standard InChI is InChI=1S/C28H38N6O/c1-17(2)23-14-25(32(6)31-23)33-12-10-22-21(16-33)28(34-13-11-24(35)20(5)15-34)30-27(29-22)26-18(3)8-7-9-19(26)4/h7-9,14,17,20,24,35H,10-13,15-16H2,1-6H3/t20-,24+/m1/s1. The van der Waals surface area contributed by atoms with E-state index >= 15 is 0 Å². The predicted molar refractivity (Wildman–Crippen MR) is 141 cm³/mol. The number of anilines is 2. The number of hydrogen-bond acceptors (Lipinski definition) is 6. The Morgan fingerprint density at radius 2 is 1.80 bits per heavy atom. The van der Waals surface area contributed by atoms with Gasteiger partial charge in [0.25, 0.3) is 0 Å². The van der Waals surface area contributed by atoms with E-state index in [0.717, 1.165) is 73.4 Å². The molecule has 2 atom stereocenters. The van der Waals surface area contributed by atoms with Gasteiger partial charge in [-0.3, -0.25) is 4.68 Å². The Hall–Kier alpha value is -2.93. The van der Waals surface area contributed by atoms with E-state index < -0.39 is 0 Å². The average molecular weight is 475 g/mol. The van der Waals surface area contributed by atoms with E-state index in [1.165, 1.54) is 16.7 Å². The summed E-state index contributed by atoms with van der Waals surface area (Å²) in [5.74, 6) is 3.61. The molecule has 0 bridgehead atoms. The lowest BCUT2D eigenvalue weighted by atomic mass is 9.95. The third kappa shape index (κ3) is 4.42. The zero-order valence-electron chi connectivity index (χ0n) is 21.9. The number of piperidine rings is 1. The van der Waals surface area contributed by atoms with Crippen LogP contribution in [0.1, 0.15) is 61.2 Å². The van der Waals surface area contributed by atoms with Gasteiger partial charge in [0.2, 0.25) is 0 Å². The van der Waals surface area contributed by atoms with Crippen molar-refractivity contribution in [2.75, 3.05) is 29.4 Å². The van der Waals surface area contributed by atoms with Crippen LogP contribution in [0.15, 0.2) is 24.3 Å². The molecular formula is C28H38N6O. The third-order valence-electron chi connectivity index (χ3n) is 7.69. The molecule has 1 aromatic carbocycles. The van der Waals surface area contributed by atoms with Crippen LogP contribution in [0.4, 0.5) is 11.6 Å². The SMILES string of the molecule is Cc1cccc(C)c1-c1nc2c(c(N3CC[C@H](O)[C@H](C)C3)n1)CN(c1cc(C(C)C)nn1C)CC2. The van der Waals surface area contributed by atoms with Crippen LogP contribution < -0.4 is 9.80 Å². The molecule has 0 unspecified atom stereocenters. The summed E-state index contributed by atoms with van der Waals surface area (Å²) in [5.41, 5.74) is 7.01. The number of rotatable bonds is 4. The number of hydrogen-bond donors (Lipinski definition) is 1. The molecule has 35 heavy (non-hydrogen) atoms. The van der Waals surface area contributed by atoms with Crippen LogP contribution in [-0.4, -0.2) is 50.6 Å². The van der Waals surface area contributed by atoms with Crippen molar-refractivity contribution in [2.24, 2.45) is 13.0 Å². The van der Waals surface area contributed by atoms with Crippen molar-refractivity contribution < 1.29 is 5.11 Å². The molecule has 0 amide bonds. The maximum Gasteiger partial charge on any atom is 0.162 e. The van der Waals surface area contributed by atoms with Gasteiger partial charge in [-0.1, -0.05) is 39.0 Å². The fourth-order valence-corrected chi connectivity index (χ4v) is 5.52. The molecule has 186 valence electrons. The number of nitrogens with zero attached hydrogens (tertiary/aromatic N) is 6. The molecule has 2 aromatic heterocycles. The number of benzene rings is 1. The number of aryl methyl sites for hydroxylation is 3. The van der Waals surface area contributed by atoms with Crippen molar-refractivity contribution in [3.63, 3.8) is 0 Å². The van der Waals surface area contributed by atoms with E-state index in [9.17, 15) is 5.11 Å². The minimum Gasteiger partial charge on any atom is -0.393 e. The molecule has 3 aromatic rings. The van der Waals surface area contributed by atoms with E-state index in [-0.39, 0.29) is 12.0 Å². The monoisotopic (exact) mass is 474 g/mol. The third-order valence-corrected chi connectivity index (χ3v) is 7.69. The molecule has 2 aliphatic rings. The molecule has 0 aliphatic carbocycles. The fraction of sp³-hybridized carbons (Fsp3) is 0.536. The van der Waals surface area contributed by atoms with Crippen LogP contribution in [0.5, 0.6) is 0 Å². The smallest absolute Gasteiger partial charge is 0.162 e. The fourth-order valence-electron chi connectivity index (χ4n) is 5.52. The number of fused-ring (bicyclic) bond motifs is 1. The first-order chi connectivity index (χ1) is 16.7. The minimum atomic E-state index is -0.248. The van der Waals surface area contributed by atoms with Gasteiger partial charge in [0, 0.05) is 56.8 Å². The Balaban J connectivity index is 1.59. The van der Waals surface area contributed by atoms with Crippen molar-refractivity contribution in [3.05, 3.63) is 52.3 Å². The summed E-state index contributed by atoms with van der Waals surface area (Å²) in [6, 6.07) is 8.60. The van der Waals surface area contributed by atoms with Gasteiger partial charge < -0.3 is 14.9 Å². The van der Waals surface area contributed by atoms with Crippen molar-refractivity contribution in [1.82, 2.24) is 19.7 Å². The molecule has 1 N–H and O–H groups in total. The van der Waals surface area contributed by atoms with Gasteiger partial charge in [-0.25, -0.2) is 9.97 Å². The van der Waals surface area contributed by atoms with Crippen LogP contribution in [-0.2, 0) is 20.0 Å². The van der Waals surface area contributed by atoms with Gasteiger partial charge in [-0.2, -0.15) is 5.10 Å². The lowest BCUT2D eigenvalue weighted by Gasteiger charge is -2.38. The van der Waals surface area contributed by atoms with E-state index in [1.807, 2.05) is 11.7 Å². The molecule has 7 nitrogen and oxygen atoms in total. The van der Waals surface area contributed by atoms with E-state index in [2.05, 4.69) is 68.7 Å². The van der Waals surface area contributed by atoms with E-state index in [0.29, 0.717) is 5.92 Å². The van der Waals surface area contributed by atoms with Crippen molar-refractivity contribution in [2.45, 2.75) is 66.0 Å². The normalized spacial score (nSPS) is 20.5. The lowest BCUT2D eigenvalue weighted by molar-refractivity contribution is 0.0968. The number of aliphatic hydroxyl groups excluding tert-OH is 1. The van der Waals surface area contributed by atoms with E-state index in [1.54, 1.807) is 0 Å². The summed E-state index contributed by atoms with van der Waals surface area (Å²) in [5, 5.41) is 15.1. The molecule has 0 radical (unpaired) electrons. The molecular weight excluding hydrogens is 436 g/mol. The molecule has 2 aliphatic heterocycles. The highest BCUT2D eigenvalue weighted by Crippen LogP contribution is 2.35. The van der Waals surface area contributed by atoms with Crippen LogP contribution in [0, 0.1) is 19.8 Å². The zero-order chi connectivity index (χ0) is 24.9. The Labute approximate surface area is 208 Å². The van der Waals surface area contributed by atoms with Crippen LogP contribution in [0.25, 0.3) is 11.4 Å². The van der Waals surface area contributed by atoms with Gasteiger partial charge in [0.1, 0.15) is 11.6 Å². The first-order valence-electron chi connectivity index (χ1n) is 12.9. The summed E-state index contributed by atoms with van der Waals surface area (Å²) in [6.07, 6.45) is 1.39. The highest BCUT2D eigenvalue weighted by atomic mass is 16.3.